The van der Waals surface area contributed by atoms with Gasteiger partial charge in [-0.2, -0.15) is 0 Å². The molecule has 6 heteroatoms. The summed E-state index contributed by atoms with van der Waals surface area (Å²) >= 11 is 0. The Kier molecular flexibility index (Phi) is 2.42. The highest BCUT2D eigenvalue weighted by atomic mass is 16.5. The SMILES string of the molecule is O=c1c(-c2ccccc2)c(O)c2cncnc2n1O. The third-order valence-corrected chi connectivity index (χ3v) is 2.85. The van der Waals surface area contributed by atoms with Crippen molar-refractivity contribution in [2.75, 3.05) is 0 Å². The topological polar surface area (TPSA) is 88.2 Å². The zero-order chi connectivity index (χ0) is 13.4. The van der Waals surface area contributed by atoms with Gasteiger partial charge in [0.25, 0.3) is 5.56 Å². The second-order valence-corrected chi connectivity index (χ2v) is 3.97. The van der Waals surface area contributed by atoms with Crippen LogP contribution in [0, 0.1) is 0 Å². The second-order valence-electron chi connectivity index (χ2n) is 3.97. The van der Waals surface area contributed by atoms with Gasteiger partial charge < -0.3 is 10.3 Å². The molecule has 3 aromatic rings. The van der Waals surface area contributed by atoms with Crippen LogP contribution in [-0.2, 0) is 0 Å². The number of fused-ring (bicyclic) bond motifs is 1. The maximum atomic E-state index is 12.1. The molecule has 0 atom stereocenters. The summed E-state index contributed by atoms with van der Waals surface area (Å²) in [6.07, 6.45) is 2.53. The average molecular weight is 255 g/mol. The highest BCUT2D eigenvalue weighted by molar-refractivity contribution is 5.89. The first-order valence-corrected chi connectivity index (χ1v) is 5.52. The molecule has 6 nitrogen and oxygen atoms in total. The third kappa shape index (κ3) is 1.61. The van der Waals surface area contributed by atoms with Crippen molar-refractivity contribution >= 4 is 11.0 Å². The van der Waals surface area contributed by atoms with Gasteiger partial charge in [0.15, 0.2) is 5.65 Å². The standard InChI is InChI=1S/C13H9N3O3/c17-11-9-6-14-7-15-12(9)16(19)13(18)10(11)8-4-2-1-3-5-8/h1-7,17,19H. The van der Waals surface area contributed by atoms with Crippen molar-refractivity contribution in [1.82, 2.24) is 14.7 Å². The van der Waals surface area contributed by atoms with E-state index in [0.29, 0.717) is 10.3 Å². The minimum absolute atomic E-state index is 0.0189. The molecule has 1 aromatic carbocycles. The summed E-state index contributed by atoms with van der Waals surface area (Å²) in [5.41, 5.74) is -0.226. The Morgan fingerprint density at radius 2 is 1.89 bits per heavy atom. The van der Waals surface area contributed by atoms with Gasteiger partial charge in [-0.3, -0.25) is 4.79 Å². The van der Waals surface area contributed by atoms with Crippen LogP contribution in [0.1, 0.15) is 0 Å². The molecule has 19 heavy (non-hydrogen) atoms. The van der Waals surface area contributed by atoms with E-state index < -0.39 is 5.56 Å². The Bertz CT molecular complexity index is 812. The number of aromatic hydroxyl groups is 1. The van der Waals surface area contributed by atoms with E-state index in [1.807, 2.05) is 0 Å². The normalized spacial score (nSPS) is 10.7. The maximum absolute atomic E-state index is 12.1. The highest BCUT2D eigenvalue weighted by Crippen LogP contribution is 2.31. The molecule has 0 aliphatic rings. The smallest absolute Gasteiger partial charge is 0.296 e. The molecule has 2 N–H and O–H groups in total. The zero-order valence-corrected chi connectivity index (χ0v) is 9.69. The summed E-state index contributed by atoms with van der Waals surface area (Å²) in [5.74, 6) is -0.239. The molecule has 0 fully saturated rings. The van der Waals surface area contributed by atoms with Gasteiger partial charge in [0.05, 0.1) is 10.9 Å². The molecule has 2 heterocycles. The molecule has 0 aliphatic carbocycles. The predicted molar refractivity (Wildman–Crippen MR) is 68.1 cm³/mol. The zero-order valence-electron chi connectivity index (χ0n) is 9.69. The van der Waals surface area contributed by atoms with Crippen LogP contribution in [0.25, 0.3) is 22.2 Å². The summed E-state index contributed by atoms with van der Waals surface area (Å²) in [6, 6.07) is 8.61. The van der Waals surface area contributed by atoms with Crippen molar-refractivity contribution in [3.8, 4) is 16.9 Å². The molecule has 0 unspecified atom stereocenters. The Hall–Kier alpha value is -2.89. The molecule has 0 aliphatic heterocycles. The first kappa shape index (κ1) is 11.2. The van der Waals surface area contributed by atoms with Gasteiger partial charge in [-0.05, 0) is 5.56 Å². The summed E-state index contributed by atoms with van der Waals surface area (Å²) in [4.78, 5) is 19.7. The van der Waals surface area contributed by atoms with Gasteiger partial charge in [-0.15, -0.1) is 4.73 Å². The number of benzene rings is 1. The Morgan fingerprint density at radius 1 is 1.16 bits per heavy atom. The Balaban J connectivity index is 2.48. The lowest BCUT2D eigenvalue weighted by molar-refractivity contribution is 0.186. The fourth-order valence-corrected chi connectivity index (χ4v) is 1.96. The van der Waals surface area contributed by atoms with E-state index in [9.17, 15) is 15.1 Å². The van der Waals surface area contributed by atoms with Crippen molar-refractivity contribution in [2.45, 2.75) is 0 Å². The molecule has 0 amide bonds. The predicted octanol–water partition coefficient (Wildman–Crippen LogP) is 1.40. The molecule has 2 aromatic heterocycles. The minimum Gasteiger partial charge on any atom is -0.506 e. The molecule has 3 rings (SSSR count). The number of hydrogen-bond acceptors (Lipinski definition) is 5. The van der Waals surface area contributed by atoms with Crippen molar-refractivity contribution in [3.05, 3.63) is 53.2 Å². The Labute approximate surface area is 107 Å². The van der Waals surface area contributed by atoms with E-state index in [-0.39, 0.29) is 22.3 Å². The van der Waals surface area contributed by atoms with E-state index in [4.69, 9.17) is 0 Å². The molecular weight excluding hydrogens is 246 g/mol. The fourth-order valence-electron chi connectivity index (χ4n) is 1.96. The van der Waals surface area contributed by atoms with Crippen molar-refractivity contribution in [1.29, 1.82) is 0 Å². The number of pyridine rings is 1. The molecule has 0 saturated heterocycles. The summed E-state index contributed by atoms with van der Waals surface area (Å²) < 4.78 is 0.416. The number of hydrogen-bond donors (Lipinski definition) is 2. The van der Waals surface area contributed by atoms with Gasteiger partial charge >= 0.3 is 0 Å². The first-order valence-electron chi connectivity index (χ1n) is 5.52. The molecule has 0 spiro atoms. The minimum atomic E-state index is -0.727. The van der Waals surface area contributed by atoms with E-state index in [2.05, 4.69) is 9.97 Å². The first-order chi connectivity index (χ1) is 9.20. The summed E-state index contributed by atoms with van der Waals surface area (Å²) in [5, 5.41) is 20.2. The molecule has 0 bridgehead atoms. The van der Waals surface area contributed by atoms with Crippen LogP contribution in [0.5, 0.6) is 5.75 Å². The van der Waals surface area contributed by atoms with Crippen molar-refractivity contribution in [2.24, 2.45) is 0 Å². The van der Waals surface area contributed by atoms with Crippen LogP contribution >= 0.6 is 0 Å². The highest BCUT2D eigenvalue weighted by Gasteiger charge is 2.18. The molecule has 0 saturated carbocycles. The van der Waals surface area contributed by atoms with Gasteiger partial charge in [-0.25, -0.2) is 9.97 Å². The van der Waals surface area contributed by atoms with Crippen LogP contribution in [0.15, 0.2) is 47.7 Å². The van der Waals surface area contributed by atoms with Gasteiger partial charge in [0.1, 0.15) is 12.1 Å². The molecule has 0 radical (unpaired) electrons. The molecular formula is C13H9N3O3. The molecule has 94 valence electrons. The largest absolute Gasteiger partial charge is 0.506 e. The summed E-state index contributed by atoms with van der Waals surface area (Å²) in [7, 11) is 0. The number of rotatable bonds is 1. The van der Waals surface area contributed by atoms with Crippen LogP contribution < -0.4 is 5.56 Å². The van der Waals surface area contributed by atoms with Gasteiger partial charge in [0, 0.05) is 6.20 Å². The van der Waals surface area contributed by atoms with Crippen molar-refractivity contribution < 1.29 is 10.3 Å². The third-order valence-electron chi connectivity index (χ3n) is 2.85. The Morgan fingerprint density at radius 3 is 2.63 bits per heavy atom. The quantitative estimate of drug-likeness (QED) is 0.642. The average Bonchev–Trinajstić information content (AvgIpc) is 2.46. The lowest BCUT2D eigenvalue weighted by atomic mass is 10.1. The van der Waals surface area contributed by atoms with Gasteiger partial charge in [0.2, 0.25) is 0 Å². The lowest BCUT2D eigenvalue weighted by Crippen LogP contribution is -2.21. The monoisotopic (exact) mass is 255 g/mol. The lowest BCUT2D eigenvalue weighted by Gasteiger charge is -2.09. The maximum Gasteiger partial charge on any atom is 0.296 e. The second kappa shape index (κ2) is 4.09. The van der Waals surface area contributed by atoms with Crippen LogP contribution in [0.4, 0.5) is 0 Å². The number of aromatic nitrogens is 3. The van der Waals surface area contributed by atoms with Crippen LogP contribution in [0.2, 0.25) is 0 Å². The summed E-state index contributed by atoms with van der Waals surface area (Å²) in [6.45, 7) is 0. The van der Waals surface area contributed by atoms with E-state index in [1.54, 1.807) is 30.3 Å². The van der Waals surface area contributed by atoms with Crippen molar-refractivity contribution in [3.63, 3.8) is 0 Å². The van der Waals surface area contributed by atoms with Crippen LogP contribution in [0.3, 0.4) is 0 Å². The number of nitrogens with zero attached hydrogens (tertiary/aromatic N) is 3. The van der Waals surface area contributed by atoms with E-state index in [1.165, 1.54) is 12.5 Å². The fraction of sp³-hybridized carbons (Fsp3) is 0. The van der Waals surface area contributed by atoms with Gasteiger partial charge in [-0.1, -0.05) is 30.3 Å². The van der Waals surface area contributed by atoms with Crippen LogP contribution in [-0.4, -0.2) is 25.0 Å². The van der Waals surface area contributed by atoms with E-state index >= 15 is 0 Å². The van der Waals surface area contributed by atoms with E-state index in [0.717, 1.165) is 0 Å².